The van der Waals surface area contributed by atoms with Crippen LogP contribution in [0.5, 0.6) is 11.5 Å². The van der Waals surface area contributed by atoms with Crippen LogP contribution < -0.4 is 4.74 Å². The van der Waals surface area contributed by atoms with Crippen LogP contribution in [0.15, 0.2) is 42.5 Å². The summed E-state index contributed by atoms with van der Waals surface area (Å²) in [5, 5.41) is 18.3. The maximum atomic E-state index is 11.1. The van der Waals surface area contributed by atoms with Crippen LogP contribution in [0.25, 0.3) is 0 Å². The number of hydrogen-bond acceptors (Lipinski definition) is 3. The van der Waals surface area contributed by atoms with Crippen LogP contribution in [0.3, 0.4) is 0 Å². The molecular weight excluding hydrogens is 280 g/mol. The fourth-order valence-corrected chi connectivity index (χ4v) is 1.90. The third kappa shape index (κ3) is 3.50. The zero-order chi connectivity index (χ0) is 14.5. The summed E-state index contributed by atoms with van der Waals surface area (Å²) in [6.45, 7) is 0.0810. The van der Waals surface area contributed by atoms with Crippen LogP contribution >= 0.6 is 11.6 Å². The van der Waals surface area contributed by atoms with Crippen molar-refractivity contribution in [2.75, 3.05) is 6.61 Å². The monoisotopic (exact) mass is 292 g/mol. The van der Waals surface area contributed by atoms with Crippen LogP contribution in [-0.2, 0) is 6.42 Å². The summed E-state index contributed by atoms with van der Waals surface area (Å²) < 4.78 is 5.56. The van der Waals surface area contributed by atoms with Crippen molar-refractivity contribution in [2.45, 2.75) is 6.42 Å². The number of hydrogen-bond donors (Lipinski definition) is 2. The maximum absolute atomic E-state index is 11.1. The molecule has 0 aliphatic rings. The van der Waals surface area contributed by atoms with Crippen LogP contribution in [0.4, 0.5) is 0 Å². The van der Waals surface area contributed by atoms with Crippen molar-refractivity contribution in [2.24, 2.45) is 0 Å². The number of carboxylic acids is 1. The zero-order valence-electron chi connectivity index (χ0n) is 10.5. The molecule has 0 heterocycles. The molecule has 0 atom stereocenters. The van der Waals surface area contributed by atoms with Gasteiger partial charge in [0.25, 0.3) is 0 Å². The van der Waals surface area contributed by atoms with Crippen molar-refractivity contribution < 1.29 is 19.7 Å². The molecule has 5 heteroatoms. The summed E-state index contributed by atoms with van der Waals surface area (Å²) in [6, 6.07) is 11.4. The smallest absolute Gasteiger partial charge is 0.339 e. The minimum Gasteiger partial charge on any atom is -0.478 e. The quantitative estimate of drug-likeness (QED) is 0.887. The predicted octanol–water partition coefficient (Wildman–Crippen LogP) is 3.37. The van der Waals surface area contributed by atoms with Gasteiger partial charge in [-0.1, -0.05) is 23.7 Å². The maximum Gasteiger partial charge on any atom is 0.339 e. The van der Waals surface area contributed by atoms with E-state index in [9.17, 15) is 4.79 Å². The van der Waals surface area contributed by atoms with Crippen molar-refractivity contribution in [1.29, 1.82) is 0 Å². The highest BCUT2D eigenvalue weighted by molar-refractivity contribution is 6.30. The van der Waals surface area contributed by atoms with E-state index >= 15 is 0 Å². The van der Waals surface area contributed by atoms with Crippen LogP contribution in [0.1, 0.15) is 15.9 Å². The number of aliphatic hydroxyl groups is 1. The molecule has 2 aromatic carbocycles. The fraction of sp³-hybridized carbons (Fsp3) is 0.133. The van der Waals surface area contributed by atoms with E-state index < -0.39 is 5.97 Å². The third-order valence-electron chi connectivity index (χ3n) is 2.73. The Balaban J connectivity index is 2.25. The Labute approximate surface area is 121 Å². The molecule has 0 saturated heterocycles. The van der Waals surface area contributed by atoms with Gasteiger partial charge in [0.1, 0.15) is 17.1 Å². The van der Waals surface area contributed by atoms with Gasteiger partial charge in [-0.15, -0.1) is 0 Å². The summed E-state index contributed by atoms with van der Waals surface area (Å²) >= 11 is 5.85. The van der Waals surface area contributed by atoms with E-state index in [1.807, 2.05) is 12.1 Å². The Kier molecular flexibility index (Phi) is 4.61. The fourth-order valence-electron chi connectivity index (χ4n) is 1.74. The molecule has 0 fully saturated rings. The van der Waals surface area contributed by atoms with E-state index in [1.165, 1.54) is 18.2 Å². The second-order valence-electron chi connectivity index (χ2n) is 4.17. The lowest BCUT2D eigenvalue weighted by atomic mass is 10.1. The molecule has 0 bridgehead atoms. The number of ether oxygens (including phenoxy) is 1. The molecule has 0 amide bonds. The lowest BCUT2D eigenvalue weighted by Gasteiger charge is -2.09. The van der Waals surface area contributed by atoms with Crippen molar-refractivity contribution in [1.82, 2.24) is 0 Å². The van der Waals surface area contributed by atoms with Gasteiger partial charge in [0.15, 0.2) is 0 Å². The molecule has 2 rings (SSSR count). The number of halogens is 1. The highest BCUT2D eigenvalue weighted by Crippen LogP contribution is 2.28. The summed E-state index contributed by atoms with van der Waals surface area (Å²) in [5.74, 6) is -0.370. The van der Waals surface area contributed by atoms with Gasteiger partial charge in [0, 0.05) is 17.7 Å². The molecule has 0 unspecified atom stereocenters. The number of carboxylic acid groups (broad SMARTS) is 1. The van der Waals surface area contributed by atoms with E-state index in [0.29, 0.717) is 17.2 Å². The Bertz CT molecular complexity index is 608. The molecule has 104 valence electrons. The molecule has 0 radical (unpaired) electrons. The van der Waals surface area contributed by atoms with E-state index in [2.05, 4.69) is 0 Å². The average Bonchev–Trinajstić information content (AvgIpc) is 2.41. The Morgan fingerprint density at radius 2 is 1.85 bits per heavy atom. The Morgan fingerprint density at radius 3 is 2.45 bits per heavy atom. The van der Waals surface area contributed by atoms with E-state index in [0.717, 1.165) is 5.56 Å². The van der Waals surface area contributed by atoms with Gasteiger partial charge in [-0.3, -0.25) is 0 Å². The van der Waals surface area contributed by atoms with Crippen molar-refractivity contribution in [3.63, 3.8) is 0 Å². The third-order valence-corrected chi connectivity index (χ3v) is 2.96. The second kappa shape index (κ2) is 6.41. The molecule has 0 spiro atoms. The van der Waals surface area contributed by atoms with Gasteiger partial charge in [-0.05, 0) is 36.2 Å². The van der Waals surface area contributed by atoms with Gasteiger partial charge in [0.05, 0.1) is 0 Å². The number of aromatic carboxylic acids is 1. The van der Waals surface area contributed by atoms with Crippen molar-refractivity contribution in [3.8, 4) is 11.5 Å². The SMILES string of the molecule is O=C(O)c1ccc(Cl)cc1Oc1ccc(CCO)cc1. The number of carbonyl (C=O) groups is 1. The number of rotatable bonds is 5. The van der Waals surface area contributed by atoms with Crippen molar-refractivity contribution >= 4 is 17.6 Å². The van der Waals surface area contributed by atoms with Crippen molar-refractivity contribution in [3.05, 3.63) is 58.6 Å². The first kappa shape index (κ1) is 14.4. The summed E-state index contributed by atoms with van der Waals surface area (Å²) in [5.41, 5.74) is 1.03. The highest BCUT2D eigenvalue weighted by atomic mass is 35.5. The Morgan fingerprint density at radius 1 is 1.15 bits per heavy atom. The van der Waals surface area contributed by atoms with Gasteiger partial charge >= 0.3 is 5.97 Å². The van der Waals surface area contributed by atoms with Gasteiger partial charge in [-0.25, -0.2) is 4.79 Å². The normalized spacial score (nSPS) is 10.3. The first-order chi connectivity index (χ1) is 9.60. The molecule has 2 N–H and O–H groups in total. The molecular formula is C15H13ClO4. The largest absolute Gasteiger partial charge is 0.478 e. The highest BCUT2D eigenvalue weighted by Gasteiger charge is 2.12. The first-order valence-corrected chi connectivity index (χ1v) is 6.38. The summed E-state index contributed by atoms with van der Waals surface area (Å²) in [4.78, 5) is 11.1. The molecule has 0 aliphatic carbocycles. The zero-order valence-corrected chi connectivity index (χ0v) is 11.3. The molecule has 0 aromatic heterocycles. The molecule has 20 heavy (non-hydrogen) atoms. The minimum absolute atomic E-state index is 0.0498. The molecule has 2 aromatic rings. The average molecular weight is 293 g/mol. The van der Waals surface area contributed by atoms with E-state index in [4.69, 9.17) is 26.6 Å². The molecule has 0 saturated carbocycles. The van der Waals surface area contributed by atoms with E-state index in [-0.39, 0.29) is 17.9 Å². The van der Waals surface area contributed by atoms with Crippen LogP contribution in [-0.4, -0.2) is 22.8 Å². The summed E-state index contributed by atoms with van der Waals surface area (Å²) in [7, 11) is 0. The second-order valence-corrected chi connectivity index (χ2v) is 4.60. The van der Waals surface area contributed by atoms with Gasteiger partial charge in [-0.2, -0.15) is 0 Å². The Hall–Kier alpha value is -2.04. The number of benzene rings is 2. The molecule has 4 nitrogen and oxygen atoms in total. The lowest BCUT2D eigenvalue weighted by molar-refractivity contribution is 0.0694. The van der Waals surface area contributed by atoms with E-state index in [1.54, 1.807) is 12.1 Å². The van der Waals surface area contributed by atoms with Crippen LogP contribution in [0, 0.1) is 0 Å². The van der Waals surface area contributed by atoms with Crippen LogP contribution in [0.2, 0.25) is 5.02 Å². The molecule has 0 aliphatic heterocycles. The standard InChI is InChI=1S/C15H13ClO4/c16-11-3-6-13(15(18)19)14(9-11)20-12-4-1-10(2-5-12)7-8-17/h1-6,9,17H,7-8H2,(H,18,19). The number of aliphatic hydroxyl groups excluding tert-OH is 1. The predicted molar refractivity (Wildman–Crippen MR) is 75.7 cm³/mol. The van der Waals surface area contributed by atoms with Gasteiger partial charge < -0.3 is 14.9 Å². The topological polar surface area (TPSA) is 66.8 Å². The summed E-state index contributed by atoms with van der Waals surface area (Å²) in [6.07, 6.45) is 0.567. The minimum atomic E-state index is -1.08. The van der Waals surface area contributed by atoms with Gasteiger partial charge in [0.2, 0.25) is 0 Å². The lowest BCUT2D eigenvalue weighted by Crippen LogP contribution is -2.00. The first-order valence-electron chi connectivity index (χ1n) is 6.00.